The van der Waals surface area contributed by atoms with Crippen LogP contribution in [-0.2, 0) is 6.54 Å². The molecule has 2 aromatic rings. The van der Waals surface area contributed by atoms with Gasteiger partial charge in [-0.25, -0.2) is 0 Å². The fourth-order valence-electron chi connectivity index (χ4n) is 1.61. The molecule has 0 fully saturated rings. The van der Waals surface area contributed by atoms with Gasteiger partial charge in [-0.15, -0.1) is 11.3 Å². The van der Waals surface area contributed by atoms with Crippen molar-refractivity contribution in [3.05, 3.63) is 44.6 Å². The summed E-state index contributed by atoms with van der Waals surface area (Å²) in [5.74, 6) is 0. The molecule has 0 saturated carbocycles. The van der Waals surface area contributed by atoms with Crippen LogP contribution < -0.4 is 10.6 Å². The number of benzene rings is 1. The molecule has 0 spiro atoms. The van der Waals surface area contributed by atoms with E-state index in [4.69, 9.17) is 28.9 Å². The van der Waals surface area contributed by atoms with Gasteiger partial charge in [0.25, 0.3) is 0 Å². The maximum Gasteiger partial charge on any atom is 0.0931 e. The Morgan fingerprint density at radius 1 is 1.24 bits per heavy atom. The number of hydrogen-bond donors (Lipinski definition) is 1. The van der Waals surface area contributed by atoms with Gasteiger partial charge in [0.15, 0.2) is 0 Å². The number of nitrogens with two attached hydrogens (primary N) is 1. The van der Waals surface area contributed by atoms with Gasteiger partial charge in [-0.05, 0) is 24.3 Å². The summed E-state index contributed by atoms with van der Waals surface area (Å²) < 4.78 is 0.799. The van der Waals surface area contributed by atoms with Crippen LogP contribution in [0.25, 0.3) is 0 Å². The number of rotatable bonds is 3. The molecule has 0 amide bonds. The van der Waals surface area contributed by atoms with E-state index in [0.29, 0.717) is 10.7 Å². The zero-order chi connectivity index (χ0) is 12.4. The molecule has 0 aliphatic heterocycles. The molecular formula is C12H12Cl2N2S. The van der Waals surface area contributed by atoms with Crippen LogP contribution in [0.3, 0.4) is 0 Å². The van der Waals surface area contributed by atoms with Crippen LogP contribution >= 0.6 is 34.5 Å². The summed E-state index contributed by atoms with van der Waals surface area (Å²) in [7, 11) is 1.98. The van der Waals surface area contributed by atoms with Gasteiger partial charge in [0, 0.05) is 11.9 Å². The highest BCUT2D eigenvalue weighted by Gasteiger charge is 2.09. The molecule has 0 atom stereocenters. The van der Waals surface area contributed by atoms with E-state index in [0.717, 1.165) is 16.6 Å². The quantitative estimate of drug-likeness (QED) is 0.854. The zero-order valence-corrected chi connectivity index (χ0v) is 11.6. The van der Waals surface area contributed by atoms with Gasteiger partial charge in [0.2, 0.25) is 0 Å². The lowest BCUT2D eigenvalue weighted by Crippen LogP contribution is -2.17. The molecular weight excluding hydrogens is 275 g/mol. The topological polar surface area (TPSA) is 29.3 Å². The van der Waals surface area contributed by atoms with Crippen LogP contribution in [0.1, 0.15) is 4.88 Å². The Morgan fingerprint density at radius 3 is 2.65 bits per heavy atom. The van der Waals surface area contributed by atoms with E-state index >= 15 is 0 Å². The predicted molar refractivity (Wildman–Crippen MR) is 77.3 cm³/mol. The van der Waals surface area contributed by atoms with Crippen molar-refractivity contribution in [2.45, 2.75) is 6.54 Å². The molecule has 1 aromatic heterocycles. The van der Waals surface area contributed by atoms with Crippen LogP contribution in [0.5, 0.6) is 0 Å². The minimum absolute atomic E-state index is 0.582. The van der Waals surface area contributed by atoms with Crippen LogP contribution in [0, 0.1) is 0 Å². The predicted octanol–water partition coefficient (Wildman–Crippen LogP) is 4.27. The molecule has 0 radical (unpaired) electrons. The molecule has 2 rings (SSSR count). The number of halogens is 2. The number of hydrogen-bond acceptors (Lipinski definition) is 3. The van der Waals surface area contributed by atoms with Crippen LogP contribution in [0.4, 0.5) is 11.4 Å². The van der Waals surface area contributed by atoms with Crippen molar-refractivity contribution in [3.63, 3.8) is 0 Å². The van der Waals surface area contributed by atoms with Gasteiger partial charge in [-0.3, -0.25) is 0 Å². The maximum absolute atomic E-state index is 5.99. The van der Waals surface area contributed by atoms with E-state index < -0.39 is 0 Å². The number of thiophene rings is 1. The number of nitrogens with zero attached hydrogens (tertiary/aromatic N) is 1. The van der Waals surface area contributed by atoms with Crippen molar-refractivity contribution in [2.24, 2.45) is 0 Å². The second-order valence-electron chi connectivity index (χ2n) is 3.73. The normalized spacial score (nSPS) is 10.5. The van der Waals surface area contributed by atoms with Crippen LogP contribution in [0.2, 0.25) is 9.36 Å². The average molecular weight is 287 g/mol. The third kappa shape index (κ3) is 2.86. The molecule has 90 valence electrons. The minimum atomic E-state index is 0.582. The van der Waals surface area contributed by atoms with E-state index in [9.17, 15) is 0 Å². The molecule has 1 aromatic carbocycles. The zero-order valence-electron chi connectivity index (χ0n) is 9.28. The average Bonchev–Trinajstić information content (AvgIpc) is 2.68. The largest absolute Gasteiger partial charge is 0.396 e. The fraction of sp³-hybridized carbons (Fsp3) is 0.167. The SMILES string of the molecule is CN(Cc1ccc(Cl)s1)c1cccc(Cl)c1N. The van der Waals surface area contributed by atoms with Crippen molar-refractivity contribution >= 4 is 45.9 Å². The molecule has 0 aliphatic carbocycles. The number of nitrogen functional groups attached to an aromatic ring is 1. The number of para-hydroxylation sites is 1. The van der Waals surface area contributed by atoms with Gasteiger partial charge in [0.05, 0.1) is 27.3 Å². The smallest absolute Gasteiger partial charge is 0.0931 e. The van der Waals surface area contributed by atoms with E-state index in [2.05, 4.69) is 4.90 Å². The molecule has 17 heavy (non-hydrogen) atoms. The van der Waals surface area contributed by atoms with Gasteiger partial charge in [0.1, 0.15) is 0 Å². The molecule has 5 heteroatoms. The minimum Gasteiger partial charge on any atom is -0.396 e. The van der Waals surface area contributed by atoms with Crippen LogP contribution in [0.15, 0.2) is 30.3 Å². The summed E-state index contributed by atoms with van der Waals surface area (Å²) in [4.78, 5) is 3.25. The first-order valence-electron chi connectivity index (χ1n) is 5.07. The van der Waals surface area contributed by atoms with Gasteiger partial charge >= 0.3 is 0 Å². The van der Waals surface area contributed by atoms with E-state index in [1.807, 2.05) is 31.3 Å². The summed E-state index contributed by atoms with van der Waals surface area (Å²) in [6.07, 6.45) is 0. The van der Waals surface area contributed by atoms with Crippen molar-refractivity contribution < 1.29 is 0 Å². The lowest BCUT2D eigenvalue weighted by molar-refractivity contribution is 0.942. The summed E-state index contributed by atoms with van der Waals surface area (Å²) in [5.41, 5.74) is 7.49. The highest BCUT2D eigenvalue weighted by molar-refractivity contribution is 7.16. The molecule has 2 nitrogen and oxygen atoms in total. The summed E-state index contributed by atoms with van der Waals surface area (Å²) >= 11 is 13.5. The first-order valence-corrected chi connectivity index (χ1v) is 6.64. The van der Waals surface area contributed by atoms with E-state index in [1.54, 1.807) is 17.4 Å². The Hall–Kier alpha value is -0.900. The molecule has 0 saturated heterocycles. The summed E-state index contributed by atoms with van der Waals surface area (Å²) in [6, 6.07) is 9.56. The van der Waals surface area contributed by atoms with Crippen molar-refractivity contribution in [2.75, 3.05) is 17.7 Å². The number of anilines is 2. The maximum atomic E-state index is 5.99. The Bertz CT molecular complexity index is 525. The van der Waals surface area contributed by atoms with Crippen molar-refractivity contribution in [3.8, 4) is 0 Å². The Labute approximate surface area is 115 Å². The molecule has 2 N–H and O–H groups in total. The molecule has 1 heterocycles. The highest BCUT2D eigenvalue weighted by Crippen LogP contribution is 2.31. The van der Waals surface area contributed by atoms with Crippen molar-refractivity contribution in [1.82, 2.24) is 0 Å². The third-order valence-corrected chi connectivity index (χ3v) is 4.01. The molecule has 0 aliphatic rings. The van der Waals surface area contributed by atoms with Gasteiger partial charge < -0.3 is 10.6 Å². The first-order chi connectivity index (χ1) is 8.08. The van der Waals surface area contributed by atoms with Crippen molar-refractivity contribution in [1.29, 1.82) is 0 Å². The Kier molecular flexibility index (Phi) is 3.82. The lowest BCUT2D eigenvalue weighted by atomic mass is 10.2. The Morgan fingerprint density at radius 2 is 2.00 bits per heavy atom. The van der Waals surface area contributed by atoms with Gasteiger partial charge in [-0.1, -0.05) is 29.3 Å². The monoisotopic (exact) mass is 286 g/mol. The second-order valence-corrected chi connectivity index (χ2v) is 5.94. The third-order valence-electron chi connectivity index (χ3n) is 2.46. The second kappa shape index (κ2) is 5.17. The molecule has 0 unspecified atom stereocenters. The van der Waals surface area contributed by atoms with Gasteiger partial charge in [-0.2, -0.15) is 0 Å². The van der Waals surface area contributed by atoms with E-state index in [-0.39, 0.29) is 0 Å². The fourth-order valence-corrected chi connectivity index (χ4v) is 2.92. The van der Waals surface area contributed by atoms with Crippen LogP contribution in [-0.4, -0.2) is 7.05 Å². The summed E-state index contributed by atoms with van der Waals surface area (Å²) in [5, 5.41) is 0.582. The first kappa shape index (κ1) is 12.6. The van der Waals surface area contributed by atoms with E-state index in [1.165, 1.54) is 4.88 Å². The summed E-state index contributed by atoms with van der Waals surface area (Å²) in [6.45, 7) is 0.766. The standard InChI is InChI=1S/C12H12Cl2N2S/c1-16(7-8-5-6-11(14)17-8)10-4-2-3-9(13)12(10)15/h2-6H,7,15H2,1H3. The highest BCUT2D eigenvalue weighted by atomic mass is 35.5. The lowest BCUT2D eigenvalue weighted by Gasteiger charge is -2.20. The Balaban J connectivity index is 2.20. The molecule has 0 bridgehead atoms.